The van der Waals surface area contributed by atoms with E-state index >= 15 is 0 Å². The van der Waals surface area contributed by atoms with Gasteiger partial charge in [0.05, 0.1) is 11.4 Å². The largest absolute Gasteiger partial charge is 0.431 e. The first-order valence-corrected chi connectivity index (χ1v) is 9.50. The number of hydrogen-bond donors (Lipinski definition) is 0. The molecule has 0 aliphatic heterocycles. The van der Waals surface area contributed by atoms with Crippen molar-refractivity contribution in [3.63, 3.8) is 0 Å². The van der Waals surface area contributed by atoms with Gasteiger partial charge in [-0.15, -0.1) is 0 Å². The fourth-order valence-corrected chi connectivity index (χ4v) is 4.26. The van der Waals surface area contributed by atoms with Crippen LogP contribution in [0.4, 0.5) is 0 Å². The van der Waals surface area contributed by atoms with Crippen molar-refractivity contribution >= 4 is 22.9 Å². The van der Waals surface area contributed by atoms with Crippen LogP contribution in [0, 0.1) is 0 Å². The monoisotopic (exact) mass is 347 g/mol. The lowest BCUT2D eigenvalue weighted by Gasteiger charge is -2.04. The Bertz CT molecular complexity index is 1000. The summed E-state index contributed by atoms with van der Waals surface area (Å²) in [6, 6.07) is 18.3. The maximum absolute atomic E-state index is 5.82. The quantitative estimate of drug-likeness (QED) is 0.498. The molecule has 2 aromatic carbocycles. The number of aromatic nitrogens is 3. The van der Waals surface area contributed by atoms with Gasteiger partial charge in [0.1, 0.15) is 5.52 Å². The molecule has 2 heterocycles. The van der Waals surface area contributed by atoms with Crippen molar-refractivity contribution < 1.29 is 4.42 Å². The zero-order valence-electron chi connectivity index (χ0n) is 13.7. The number of rotatable bonds is 4. The van der Waals surface area contributed by atoms with Crippen LogP contribution < -0.4 is 0 Å². The Kier molecular flexibility index (Phi) is 3.59. The summed E-state index contributed by atoms with van der Waals surface area (Å²) in [5, 5.41) is 5.61. The summed E-state index contributed by atoms with van der Waals surface area (Å²) >= 11 is 1.62. The lowest BCUT2D eigenvalue weighted by Crippen LogP contribution is -2.01. The molecule has 5 heteroatoms. The molecule has 5 rings (SSSR count). The molecule has 0 bridgehead atoms. The van der Waals surface area contributed by atoms with Gasteiger partial charge in [0.2, 0.25) is 0 Å². The van der Waals surface area contributed by atoms with Crippen LogP contribution >= 0.6 is 11.8 Å². The highest BCUT2D eigenvalue weighted by atomic mass is 32.2. The van der Waals surface area contributed by atoms with Crippen molar-refractivity contribution in [2.45, 2.75) is 30.2 Å². The SMILES string of the molecule is c1ccc(-n2nc(CSc3nc4ccccc4o3)c3c2CCC3)cc1. The number of benzene rings is 2. The maximum atomic E-state index is 5.82. The van der Waals surface area contributed by atoms with Crippen LogP contribution in [0.25, 0.3) is 16.8 Å². The predicted molar refractivity (Wildman–Crippen MR) is 99.2 cm³/mol. The number of nitrogens with zero attached hydrogens (tertiary/aromatic N) is 3. The fourth-order valence-electron chi connectivity index (χ4n) is 3.46. The minimum Gasteiger partial charge on any atom is -0.431 e. The molecule has 4 nitrogen and oxygen atoms in total. The molecule has 124 valence electrons. The summed E-state index contributed by atoms with van der Waals surface area (Å²) in [5.41, 5.74) is 6.81. The van der Waals surface area contributed by atoms with E-state index in [4.69, 9.17) is 9.52 Å². The Morgan fingerprint density at radius 2 is 1.84 bits per heavy atom. The van der Waals surface area contributed by atoms with E-state index < -0.39 is 0 Å². The third kappa shape index (κ3) is 2.65. The molecule has 0 radical (unpaired) electrons. The molecule has 1 aliphatic carbocycles. The molecular weight excluding hydrogens is 330 g/mol. The molecule has 0 fully saturated rings. The van der Waals surface area contributed by atoms with Crippen molar-refractivity contribution in [1.82, 2.24) is 14.8 Å². The van der Waals surface area contributed by atoms with Crippen molar-refractivity contribution in [3.05, 3.63) is 71.5 Å². The standard InChI is InChI=1S/C20H17N3OS/c1-2-7-14(8-3-1)23-18-11-6-9-15(18)17(22-23)13-25-20-21-16-10-4-5-12-19(16)24-20/h1-5,7-8,10,12H,6,9,11,13H2. The van der Waals surface area contributed by atoms with Crippen LogP contribution in [0.2, 0.25) is 0 Å². The van der Waals surface area contributed by atoms with E-state index in [0.29, 0.717) is 5.22 Å². The lowest BCUT2D eigenvalue weighted by atomic mass is 10.2. The highest BCUT2D eigenvalue weighted by Gasteiger charge is 2.23. The van der Waals surface area contributed by atoms with E-state index in [2.05, 4.69) is 33.9 Å². The predicted octanol–water partition coefficient (Wildman–Crippen LogP) is 4.79. The van der Waals surface area contributed by atoms with Gasteiger partial charge >= 0.3 is 0 Å². The fraction of sp³-hybridized carbons (Fsp3) is 0.200. The summed E-state index contributed by atoms with van der Waals surface area (Å²) < 4.78 is 7.93. The molecule has 0 spiro atoms. The van der Waals surface area contributed by atoms with E-state index in [0.717, 1.165) is 41.1 Å². The third-order valence-electron chi connectivity index (χ3n) is 4.62. The molecule has 0 unspecified atom stereocenters. The third-order valence-corrected chi connectivity index (χ3v) is 5.46. The number of para-hydroxylation sites is 3. The summed E-state index contributed by atoms with van der Waals surface area (Å²) in [4.78, 5) is 4.55. The number of oxazole rings is 1. The van der Waals surface area contributed by atoms with Crippen molar-refractivity contribution in [2.75, 3.05) is 0 Å². The zero-order valence-corrected chi connectivity index (χ0v) is 14.5. The average molecular weight is 347 g/mol. The van der Waals surface area contributed by atoms with Crippen molar-refractivity contribution in [2.24, 2.45) is 0 Å². The Hall–Kier alpha value is -2.53. The van der Waals surface area contributed by atoms with Crippen LogP contribution in [-0.4, -0.2) is 14.8 Å². The second kappa shape index (κ2) is 6.08. The van der Waals surface area contributed by atoms with Crippen molar-refractivity contribution in [3.8, 4) is 5.69 Å². The topological polar surface area (TPSA) is 43.9 Å². The van der Waals surface area contributed by atoms with Crippen LogP contribution in [0.5, 0.6) is 0 Å². The van der Waals surface area contributed by atoms with Gasteiger partial charge < -0.3 is 4.42 Å². The number of fused-ring (bicyclic) bond motifs is 2. The molecule has 2 aromatic heterocycles. The summed E-state index contributed by atoms with van der Waals surface area (Å²) in [7, 11) is 0. The minimum absolute atomic E-state index is 0.710. The van der Waals surface area contributed by atoms with E-state index in [9.17, 15) is 0 Å². The van der Waals surface area contributed by atoms with Crippen LogP contribution in [0.1, 0.15) is 23.4 Å². The first-order valence-electron chi connectivity index (χ1n) is 8.52. The van der Waals surface area contributed by atoms with Crippen molar-refractivity contribution in [1.29, 1.82) is 0 Å². The Labute approximate surface area is 149 Å². The summed E-state index contributed by atoms with van der Waals surface area (Å²) in [6.45, 7) is 0. The summed E-state index contributed by atoms with van der Waals surface area (Å²) in [5.74, 6) is 0.787. The smallest absolute Gasteiger partial charge is 0.257 e. The normalized spacial score (nSPS) is 13.4. The maximum Gasteiger partial charge on any atom is 0.257 e. The number of hydrogen-bond acceptors (Lipinski definition) is 4. The van der Waals surface area contributed by atoms with Gasteiger partial charge in [-0.3, -0.25) is 0 Å². The highest BCUT2D eigenvalue weighted by molar-refractivity contribution is 7.98. The average Bonchev–Trinajstić information content (AvgIpc) is 3.35. The molecule has 25 heavy (non-hydrogen) atoms. The molecular formula is C20H17N3OS. The first kappa shape index (κ1) is 14.8. The second-order valence-corrected chi connectivity index (χ2v) is 7.14. The molecule has 4 aromatic rings. The summed E-state index contributed by atoms with van der Waals surface area (Å²) in [6.07, 6.45) is 3.43. The van der Waals surface area contributed by atoms with Crippen LogP contribution in [0.3, 0.4) is 0 Å². The second-order valence-electron chi connectivity index (χ2n) is 6.21. The Balaban J connectivity index is 1.44. The van der Waals surface area contributed by atoms with Crippen LogP contribution in [0.15, 0.2) is 64.2 Å². The van der Waals surface area contributed by atoms with Gasteiger partial charge in [-0.2, -0.15) is 5.10 Å². The van der Waals surface area contributed by atoms with E-state index in [1.165, 1.54) is 17.7 Å². The van der Waals surface area contributed by atoms with Gasteiger partial charge in [-0.1, -0.05) is 42.1 Å². The Morgan fingerprint density at radius 1 is 1.00 bits per heavy atom. The first-order chi connectivity index (χ1) is 12.4. The molecule has 0 N–H and O–H groups in total. The molecule has 0 saturated heterocycles. The van der Waals surface area contributed by atoms with Gasteiger partial charge in [0, 0.05) is 11.4 Å². The molecule has 0 atom stereocenters. The zero-order chi connectivity index (χ0) is 16.6. The van der Waals surface area contributed by atoms with E-state index in [1.54, 1.807) is 11.8 Å². The van der Waals surface area contributed by atoms with Gasteiger partial charge in [0.25, 0.3) is 5.22 Å². The van der Waals surface area contributed by atoms with Crippen LogP contribution in [-0.2, 0) is 18.6 Å². The van der Waals surface area contributed by atoms with Gasteiger partial charge in [-0.25, -0.2) is 9.67 Å². The molecule has 1 aliphatic rings. The van der Waals surface area contributed by atoms with Gasteiger partial charge in [0.15, 0.2) is 5.58 Å². The van der Waals surface area contributed by atoms with E-state index in [1.807, 2.05) is 30.3 Å². The minimum atomic E-state index is 0.710. The molecule has 0 amide bonds. The van der Waals surface area contributed by atoms with Gasteiger partial charge in [-0.05, 0) is 49.1 Å². The highest BCUT2D eigenvalue weighted by Crippen LogP contribution is 2.32. The Morgan fingerprint density at radius 3 is 2.72 bits per heavy atom. The lowest BCUT2D eigenvalue weighted by molar-refractivity contribution is 0.489. The van der Waals surface area contributed by atoms with E-state index in [-0.39, 0.29) is 0 Å². The number of thioether (sulfide) groups is 1. The molecule has 0 saturated carbocycles.